The van der Waals surface area contributed by atoms with Crippen molar-refractivity contribution in [2.45, 2.75) is 6.92 Å². The van der Waals surface area contributed by atoms with Gasteiger partial charge in [-0.3, -0.25) is 0 Å². The zero-order valence-electron chi connectivity index (χ0n) is 4.56. The third-order valence-electron chi connectivity index (χ3n) is 0.632. The maximum Gasteiger partial charge on any atom is 0.353 e. The van der Waals surface area contributed by atoms with E-state index < -0.39 is 17.4 Å². The molecule has 0 saturated heterocycles. The van der Waals surface area contributed by atoms with Crippen molar-refractivity contribution in [2.24, 2.45) is 0 Å². The van der Waals surface area contributed by atoms with Crippen molar-refractivity contribution in [3.63, 3.8) is 0 Å². The Morgan fingerprint density at radius 2 is 1.44 bits per heavy atom. The van der Waals surface area contributed by atoms with Crippen molar-refractivity contribution in [3.8, 4) is 0 Å². The van der Waals surface area contributed by atoms with E-state index in [1.54, 1.807) is 0 Å². The summed E-state index contributed by atoms with van der Waals surface area (Å²) in [5, 5.41) is 0. The highest BCUT2D eigenvalue weighted by molar-refractivity contribution is 7.59. The third-order valence-corrected chi connectivity index (χ3v) is 2.71. The molecule has 0 saturated carbocycles. The minimum absolute atomic E-state index is 0.0787. The molecule has 0 amide bonds. The number of nitrogens with zero attached hydrogens (tertiary/aromatic N) is 1. The van der Waals surface area contributed by atoms with Crippen LogP contribution in [0.5, 0.6) is 0 Å². The van der Waals surface area contributed by atoms with E-state index in [-0.39, 0.29) is 11.0 Å². The van der Waals surface area contributed by atoms with Crippen molar-refractivity contribution in [1.82, 2.24) is 4.44 Å². The molecule has 0 aliphatic rings. The zero-order chi connectivity index (χ0) is 7.44. The topological polar surface area (TPSA) is 3.24 Å². The lowest BCUT2D eigenvalue weighted by Crippen LogP contribution is -2.02. The van der Waals surface area contributed by atoms with E-state index in [0.29, 0.717) is 0 Å². The van der Waals surface area contributed by atoms with Gasteiger partial charge in [-0.05, 0) is 0 Å². The van der Waals surface area contributed by atoms with Gasteiger partial charge in [0, 0.05) is 6.54 Å². The first kappa shape index (κ1) is 9.54. The second-order valence-electron chi connectivity index (χ2n) is 1.12. The normalized spacial score (nSPS) is 12.0. The Morgan fingerprint density at radius 1 is 1.11 bits per heavy atom. The van der Waals surface area contributed by atoms with E-state index in [2.05, 4.69) is 0 Å². The molecule has 7 heteroatoms. The Bertz CT molecular complexity index is 71.0. The highest BCUT2D eigenvalue weighted by atomic mass is 31.3. The Morgan fingerprint density at radius 3 is 1.44 bits per heavy atom. The van der Waals surface area contributed by atoms with E-state index in [0.717, 1.165) is 0 Å². The molecule has 0 unspecified atom stereocenters. The monoisotopic (exact) mass is 181 g/mol. The summed E-state index contributed by atoms with van der Waals surface area (Å²) >= 11 is 0. The van der Waals surface area contributed by atoms with Gasteiger partial charge in [0.05, 0.1) is 0 Å². The quantitative estimate of drug-likeness (QED) is 0.474. The molecule has 0 heterocycles. The van der Waals surface area contributed by atoms with Crippen LogP contribution < -0.4 is 0 Å². The molecular formula is C2H5F4NP2. The third kappa shape index (κ3) is 3.29. The predicted molar refractivity (Wildman–Crippen MR) is 30.7 cm³/mol. The molecule has 0 aliphatic heterocycles. The largest absolute Gasteiger partial charge is 0.353 e. The van der Waals surface area contributed by atoms with Crippen molar-refractivity contribution < 1.29 is 16.8 Å². The molecule has 0 rings (SSSR count). The Balaban J connectivity index is 3.68. The summed E-state index contributed by atoms with van der Waals surface area (Å²) in [4.78, 5) is 0. The lowest BCUT2D eigenvalue weighted by atomic mass is 10.8. The standard InChI is InChI=1S/C2H5F4NP2/c1-2-7(8(3)4)9(5)6/h2H2,1H3. The molecule has 0 spiro atoms. The van der Waals surface area contributed by atoms with E-state index in [4.69, 9.17) is 0 Å². The Hall–Kier alpha value is 0.540. The average molecular weight is 181 g/mol. The van der Waals surface area contributed by atoms with Crippen LogP contribution in [-0.4, -0.2) is 11.0 Å². The number of rotatable bonds is 3. The van der Waals surface area contributed by atoms with Crippen LogP contribution in [0.4, 0.5) is 16.8 Å². The SMILES string of the molecule is CCN(P(F)F)P(F)F. The fourth-order valence-electron chi connectivity index (χ4n) is 0.265. The summed E-state index contributed by atoms with van der Waals surface area (Å²) in [6.07, 6.45) is 0. The fourth-order valence-corrected chi connectivity index (χ4v) is 1.10. The maximum atomic E-state index is 11.5. The zero-order valence-corrected chi connectivity index (χ0v) is 6.35. The number of halogens is 4. The van der Waals surface area contributed by atoms with Crippen LogP contribution in [0, 0.1) is 0 Å². The van der Waals surface area contributed by atoms with Gasteiger partial charge >= 0.3 is 17.4 Å². The molecule has 0 N–H and O–H groups in total. The van der Waals surface area contributed by atoms with Crippen LogP contribution in [0.2, 0.25) is 0 Å². The van der Waals surface area contributed by atoms with Gasteiger partial charge in [-0.2, -0.15) is 21.2 Å². The van der Waals surface area contributed by atoms with Gasteiger partial charge in [-0.1, -0.05) is 6.92 Å². The molecule has 56 valence electrons. The molecule has 0 fully saturated rings. The summed E-state index contributed by atoms with van der Waals surface area (Å²) in [7, 11) is -7.18. The summed E-state index contributed by atoms with van der Waals surface area (Å²) in [6, 6.07) is 0. The summed E-state index contributed by atoms with van der Waals surface area (Å²) in [6.45, 7) is 1.00. The van der Waals surface area contributed by atoms with Gasteiger partial charge < -0.3 is 0 Å². The minimum atomic E-state index is -3.59. The van der Waals surface area contributed by atoms with Gasteiger partial charge in [0.15, 0.2) is 0 Å². The molecule has 9 heavy (non-hydrogen) atoms. The predicted octanol–water partition coefficient (Wildman–Crippen LogP) is 3.64. The smallest absolute Gasteiger partial charge is 0.169 e. The molecule has 0 aromatic rings. The van der Waals surface area contributed by atoms with Gasteiger partial charge in [0.1, 0.15) is 0 Å². The van der Waals surface area contributed by atoms with Crippen LogP contribution >= 0.6 is 17.4 Å². The summed E-state index contributed by atoms with van der Waals surface area (Å²) in [5.41, 5.74) is 0. The lowest BCUT2D eigenvalue weighted by molar-refractivity contribution is 0.546. The van der Waals surface area contributed by atoms with Crippen molar-refractivity contribution >= 4 is 17.4 Å². The van der Waals surface area contributed by atoms with Gasteiger partial charge in [0.25, 0.3) is 0 Å². The Labute approximate surface area is 53.1 Å². The van der Waals surface area contributed by atoms with Crippen LogP contribution in [0.15, 0.2) is 0 Å². The maximum absolute atomic E-state index is 11.5. The minimum Gasteiger partial charge on any atom is -0.169 e. The second kappa shape index (κ2) is 4.37. The molecule has 0 aromatic carbocycles. The van der Waals surface area contributed by atoms with Crippen LogP contribution in [0.25, 0.3) is 0 Å². The Kier molecular flexibility index (Phi) is 4.63. The number of hydrogen-bond donors (Lipinski definition) is 0. The van der Waals surface area contributed by atoms with Gasteiger partial charge in [0.2, 0.25) is 0 Å². The van der Waals surface area contributed by atoms with Crippen LogP contribution in [0.1, 0.15) is 6.92 Å². The van der Waals surface area contributed by atoms with Crippen molar-refractivity contribution in [2.75, 3.05) is 6.54 Å². The molecule has 1 nitrogen and oxygen atoms in total. The lowest BCUT2D eigenvalue weighted by Gasteiger charge is -2.13. The molecule has 0 bridgehead atoms. The highest BCUT2D eigenvalue weighted by Gasteiger charge is 2.26. The molecule has 0 aromatic heterocycles. The van der Waals surface area contributed by atoms with Crippen molar-refractivity contribution in [3.05, 3.63) is 0 Å². The first-order valence-corrected chi connectivity index (χ1v) is 4.25. The van der Waals surface area contributed by atoms with Gasteiger partial charge in [-0.25, -0.2) is 0 Å². The molecule has 0 aliphatic carbocycles. The van der Waals surface area contributed by atoms with Crippen LogP contribution in [0.3, 0.4) is 0 Å². The van der Waals surface area contributed by atoms with Crippen molar-refractivity contribution in [1.29, 1.82) is 0 Å². The fraction of sp³-hybridized carbons (Fsp3) is 1.00. The molecule has 0 radical (unpaired) electrons. The number of hydrogen-bond acceptors (Lipinski definition) is 1. The van der Waals surface area contributed by atoms with E-state index in [9.17, 15) is 16.8 Å². The van der Waals surface area contributed by atoms with Crippen LogP contribution in [-0.2, 0) is 0 Å². The first-order valence-electron chi connectivity index (χ1n) is 2.10. The van der Waals surface area contributed by atoms with Gasteiger partial charge in [-0.15, -0.1) is 0 Å². The van der Waals surface area contributed by atoms with E-state index in [1.807, 2.05) is 0 Å². The van der Waals surface area contributed by atoms with E-state index in [1.165, 1.54) is 6.92 Å². The molecule has 0 atom stereocenters. The first-order chi connectivity index (χ1) is 4.09. The van der Waals surface area contributed by atoms with E-state index >= 15 is 0 Å². The second-order valence-corrected chi connectivity index (χ2v) is 3.26. The summed E-state index contributed by atoms with van der Waals surface area (Å²) < 4.78 is 45.8. The highest BCUT2D eigenvalue weighted by Crippen LogP contribution is 2.59. The molecular weight excluding hydrogens is 176 g/mol. The average Bonchev–Trinajstić information content (AvgIpc) is 1.64. The summed E-state index contributed by atoms with van der Waals surface area (Å²) in [5.74, 6) is 0.